The summed E-state index contributed by atoms with van der Waals surface area (Å²) >= 11 is 4.79. The number of aryl methyl sites for hydroxylation is 1. The van der Waals surface area contributed by atoms with Crippen LogP contribution in [0.2, 0.25) is 0 Å². The first-order valence-corrected chi connectivity index (χ1v) is 11.8. The van der Waals surface area contributed by atoms with Gasteiger partial charge in [0.25, 0.3) is 5.91 Å². The summed E-state index contributed by atoms with van der Waals surface area (Å²) in [5, 5.41) is 20.9. The Hall–Kier alpha value is -2.93. The molecular formula is C22H29ClF2N6O5. The van der Waals surface area contributed by atoms with Gasteiger partial charge in [0, 0.05) is 42.7 Å². The van der Waals surface area contributed by atoms with Gasteiger partial charge in [-0.2, -0.15) is 5.10 Å². The molecule has 11 nitrogen and oxygen atoms in total. The number of aromatic nitrogens is 4. The number of rotatable bonds is 7. The van der Waals surface area contributed by atoms with Gasteiger partial charge in [0.05, 0.1) is 23.9 Å². The van der Waals surface area contributed by atoms with Crippen molar-refractivity contribution in [1.82, 2.24) is 24.5 Å². The van der Waals surface area contributed by atoms with Crippen molar-refractivity contribution in [3.8, 4) is 5.88 Å². The molecule has 14 heteroatoms. The molecule has 0 radical (unpaired) electrons. The van der Waals surface area contributed by atoms with E-state index >= 15 is 0 Å². The fraction of sp³-hybridized carbons (Fsp3) is 0.636. The van der Waals surface area contributed by atoms with Gasteiger partial charge in [-0.1, -0.05) is 0 Å². The maximum Gasteiger partial charge on any atom is 0.488 e. The van der Waals surface area contributed by atoms with E-state index in [1.807, 2.05) is 27.7 Å². The third-order valence-corrected chi connectivity index (χ3v) is 6.43. The van der Waals surface area contributed by atoms with E-state index in [1.54, 1.807) is 10.7 Å². The Bertz CT molecular complexity index is 1170. The molecule has 1 aliphatic carbocycles. The second kappa shape index (κ2) is 8.87. The molecule has 198 valence electrons. The Morgan fingerprint density at radius 2 is 1.97 bits per heavy atom. The highest BCUT2D eigenvalue weighted by atomic mass is 35.5. The molecule has 3 heterocycles. The normalized spacial score (nSPS) is 21.3. The van der Waals surface area contributed by atoms with Crippen LogP contribution in [0.1, 0.15) is 69.2 Å². The quantitative estimate of drug-likeness (QED) is 0.515. The van der Waals surface area contributed by atoms with Crippen LogP contribution in [-0.4, -0.2) is 65.3 Å². The number of ether oxygens (including phenoxy) is 2. The molecule has 2 aromatic heterocycles. The van der Waals surface area contributed by atoms with E-state index in [2.05, 4.69) is 20.3 Å². The first kappa shape index (κ1) is 26.1. The maximum absolute atomic E-state index is 13.0. The summed E-state index contributed by atoms with van der Waals surface area (Å²) in [6.07, 6.45) is 0.646. The topological polar surface area (TPSA) is 124 Å². The smallest absolute Gasteiger partial charge is 0.465 e. The van der Waals surface area contributed by atoms with Gasteiger partial charge in [0.1, 0.15) is 17.6 Å². The molecule has 2 atom stereocenters. The standard InChI is InChI=1S/C22H29ClF2N6O5/c1-20(2,3)31-16(26-18(32)14-10-17(28-29(14)5)36-22(23,24)25)9-13(27-31)15-8-12(11-35-15)30(19(33)34)21(4)6-7-21/h9-10,12,15H,6-8,11H2,1-5H3,(H,26,32)(H,33,34)/t12-,15-/m1/s1. The first-order valence-electron chi connectivity index (χ1n) is 11.4. The van der Waals surface area contributed by atoms with Crippen molar-refractivity contribution in [2.24, 2.45) is 7.05 Å². The van der Waals surface area contributed by atoms with Gasteiger partial charge >= 0.3 is 11.7 Å². The van der Waals surface area contributed by atoms with Gasteiger partial charge in [-0.3, -0.25) is 14.4 Å². The summed E-state index contributed by atoms with van der Waals surface area (Å²) in [6.45, 7) is 7.88. The lowest BCUT2D eigenvalue weighted by Gasteiger charge is -2.31. The second-order valence-electron chi connectivity index (χ2n) is 10.4. The number of halogens is 3. The van der Waals surface area contributed by atoms with E-state index < -0.39 is 35.1 Å². The third kappa shape index (κ3) is 5.41. The molecule has 1 aliphatic heterocycles. The predicted molar refractivity (Wildman–Crippen MR) is 124 cm³/mol. The summed E-state index contributed by atoms with van der Waals surface area (Å²) in [5.41, 5.74) is -4.35. The number of carbonyl (C=O) groups excluding carboxylic acids is 1. The van der Waals surface area contributed by atoms with Crippen LogP contribution in [0.5, 0.6) is 5.88 Å². The van der Waals surface area contributed by atoms with E-state index in [0.717, 1.165) is 23.6 Å². The Balaban J connectivity index is 1.54. The van der Waals surface area contributed by atoms with E-state index in [0.29, 0.717) is 17.9 Å². The van der Waals surface area contributed by atoms with E-state index in [-0.39, 0.29) is 23.9 Å². The van der Waals surface area contributed by atoms with E-state index in [9.17, 15) is 23.5 Å². The zero-order valence-electron chi connectivity index (χ0n) is 20.6. The predicted octanol–water partition coefficient (Wildman–Crippen LogP) is 4.15. The summed E-state index contributed by atoms with van der Waals surface area (Å²) in [5.74, 6) is -0.783. The maximum atomic E-state index is 13.0. The summed E-state index contributed by atoms with van der Waals surface area (Å²) < 4.78 is 38.8. The zero-order chi connectivity index (χ0) is 26.6. The van der Waals surface area contributed by atoms with Crippen molar-refractivity contribution in [3.63, 3.8) is 0 Å². The minimum Gasteiger partial charge on any atom is -0.465 e. The van der Waals surface area contributed by atoms with Crippen LogP contribution in [-0.2, 0) is 17.3 Å². The minimum absolute atomic E-state index is 0.0407. The number of carboxylic acid groups (broad SMARTS) is 1. The first-order chi connectivity index (χ1) is 16.6. The molecule has 0 spiro atoms. The molecule has 0 aromatic carbocycles. The summed E-state index contributed by atoms with van der Waals surface area (Å²) in [7, 11) is 1.40. The molecule has 4 rings (SSSR count). The second-order valence-corrected chi connectivity index (χ2v) is 10.8. The third-order valence-electron chi connectivity index (χ3n) is 6.35. The Labute approximate surface area is 211 Å². The summed E-state index contributed by atoms with van der Waals surface area (Å²) in [6, 6.07) is 2.42. The SMILES string of the molecule is Cn1nc(OC(F)(F)Cl)cc1C(=O)Nc1cc([C@H]2C[C@@H](N(C(=O)O)C3(C)CC3)CO2)nn1C(C)(C)C. The van der Waals surface area contributed by atoms with Gasteiger partial charge in [-0.05, 0) is 40.5 Å². The minimum atomic E-state index is -3.96. The van der Waals surface area contributed by atoms with E-state index in [4.69, 9.17) is 16.3 Å². The largest absolute Gasteiger partial charge is 0.488 e. The Kier molecular flexibility index (Phi) is 6.44. The number of hydrogen-bond donors (Lipinski definition) is 2. The number of amides is 2. The van der Waals surface area contributed by atoms with Gasteiger partial charge in [0.15, 0.2) is 0 Å². The Morgan fingerprint density at radius 1 is 1.31 bits per heavy atom. The fourth-order valence-corrected chi connectivity index (χ4v) is 4.48. The molecular weight excluding hydrogens is 502 g/mol. The monoisotopic (exact) mass is 530 g/mol. The highest BCUT2D eigenvalue weighted by molar-refractivity contribution is 6.20. The van der Waals surface area contributed by atoms with Crippen LogP contribution >= 0.6 is 11.6 Å². The van der Waals surface area contributed by atoms with Crippen molar-refractivity contribution >= 4 is 29.4 Å². The van der Waals surface area contributed by atoms with Crippen LogP contribution in [0, 0.1) is 0 Å². The fourth-order valence-electron chi connectivity index (χ4n) is 4.41. The Morgan fingerprint density at radius 3 is 2.53 bits per heavy atom. The molecule has 2 aliphatic rings. The summed E-state index contributed by atoms with van der Waals surface area (Å²) in [4.78, 5) is 26.4. The van der Waals surface area contributed by atoms with Crippen LogP contribution in [0.4, 0.5) is 19.4 Å². The van der Waals surface area contributed by atoms with Crippen LogP contribution in [0.25, 0.3) is 0 Å². The van der Waals surface area contributed by atoms with Gasteiger partial charge in [0.2, 0.25) is 5.88 Å². The lowest BCUT2D eigenvalue weighted by atomic mass is 10.1. The molecule has 0 unspecified atom stereocenters. The molecule has 2 N–H and O–H groups in total. The molecule has 2 amide bonds. The van der Waals surface area contributed by atoms with E-state index in [1.165, 1.54) is 11.9 Å². The molecule has 0 bridgehead atoms. The molecule has 2 aromatic rings. The number of carbonyl (C=O) groups is 2. The van der Waals surface area contributed by atoms with Crippen molar-refractivity contribution in [1.29, 1.82) is 0 Å². The van der Waals surface area contributed by atoms with Gasteiger partial charge in [-0.25, -0.2) is 9.48 Å². The van der Waals surface area contributed by atoms with Gasteiger partial charge < -0.3 is 19.9 Å². The number of alkyl halides is 3. The highest BCUT2D eigenvalue weighted by Crippen LogP contribution is 2.45. The van der Waals surface area contributed by atoms with Gasteiger partial charge in [-0.15, -0.1) is 13.9 Å². The van der Waals surface area contributed by atoms with Crippen LogP contribution < -0.4 is 10.1 Å². The van der Waals surface area contributed by atoms with Crippen molar-refractivity contribution in [2.75, 3.05) is 11.9 Å². The molecule has 2 fully saturated rings. The number of nitrogens with one attached hydrogen (secondary N) is 1. The van der Waals surface area contributed by atoms with Crippen LogP contribution in [0.15, 0.2) is 12.1 Å². The zero-order valence-corrected chi connectivity index (χ0v) is 21.3. The molecule has 1 saturated carbocycles. The highest BCUT2D eigenvalue weighted by Gasteiger charge is 2.51. The average Bonchev–Trinajstić information content (AvgIpc) is 3.10. The molecule has 1 saturated heterocycles. The number of anilines is 1. The van der Waals surface area contributed by atoms with Crippen LogP contribution in [0.3, 0.4) is 0 Å². The number of hydrogen-bond acceptors (Lipinski definition) is 6. The van der Waals surface area contributed by atoms with Crippen molar-refractivity contribution in [2.45, 2.75) is 75.7 Å². The lowest BCUT2D eigenvalue weighted by molar-refractivity contribution is -0.0993. The van der Waals surface area contributed by atoms with Crippen molar-refractivity contribution in [3.05, 3.63) is 23.5 Å². The molecule has 36 heavy (non-hydrogen) atoms. The van der Waals surface area contributed by atoms with Crippen molar-refractivity contribution < 1.29 is 33.0 Å². The number of nitrogens with zero attached hydrogens (tertiary/aromatic N) is 5. The lowest BCUT2D eigenvalue weighted by Crippen LogP contribution is -2.47. The average molecular weight is 531 g/mol.